The fourth-order valence-electron chi connectivity index (χ4n) is 1.86. The number of hydrogen-bond donors (Lipinski definition) is 1. The molecular formula is C10H19N3O2. The Kier molecular flexibility index (Phi) is 3.68. The zero-order valence-electron chi connectivity index (χ0n) is 9.78. The molecular weight excluding hydrogens is 194 g/mol. The molecule has 0 radical (unpaired) electrons. The van der Waals surface area contributed by atoms with Crippen LogP contribution in [0.4, 0.5) is 0 Å². The number of carbonyl (C=O) groups excluding carboxylic acids is 2. The summed E-state index contributed by atoms with van der Waals surface area (Å²) < 4.78 is 0. The Morgan fingerprint density at radius 3 is 2.60 bits per heavy atom. The van der Waals surface area contributed by atoms with Gasteiger partial charge < -0.3 is 15.1 Å². The predicted octanol–water partition coefficient (Wildman–Crippen LogP) is -0.717. The molecule has 0 aliphatic carbocycles. The second kappa shape index (κ2) is 4.61. The topological polar surface area (TPSA) is 52.7 Å². The lowest BCUT2D eigenvalue weighted by atomic mass is 10.2. The standard InChI is InChI=1S/C10H19N3O2/c1-7(9(14)12(3)4)13-6-5-8(11-2)10(13)15/h7-8,11H,5-6H2,1-4H3. The van der Waals surface area contributed by atoms with Gasteiger partial charge in [0.1, 0.15) is 6.04 Å². The van der Waals surface area contributed by atoms with E-state index in [0.29, 0.717) is 6.54 Å². The van der Waals surface area contributed by atoms with E-state index < -0.39 is 0 Å². The first-order chi connectivity index (χ1) is 6.99. The molecule has 2 unspecified atom stereocenters. The van der Waals surface area contributed by atoms with Crippen LogP contribution in [0.15, 0.2) is 0 Å². The predicted molar refractivity (Wildman–Crippen MR) is 57.3 cm³/mol. The Bertz CT molecular complexity index is 265. The van der Waals surface area contributed by atoms with Crippen molar-refractivity contribution < 1.29 is 9.59 Å². The molecule has 0 aromatic rings. The number of nitrogens with one attached hydrogen (secondary N) is 1. The Labute approximate surface area is 90.4 Å². The zero-order valence-corrected chi connectivity index (χ0v) is 9.78. The third-order valence-corrected chi connectivity index (χ3v) is 2.85. The SMILES string of the molecule is CNC1CCN(C(C)C(=O)N(C)C)C1=O. The minimum absolute atomic E-state index is 0.0277. The molecule has 15 heavy (non-hydrogen) atoms. The van der Waals surface area contributed by atoms with E-state index in [1.165, 1.54) is 4.90 Å². The first kappa shape index (κ1) is 12.0. The van der Waals surface area contributed by atoms with Gasteiger partial charge in [0.15, 0.2) is 0 Å². The van der Waals surface area contributed by atoms with Crippen molar-refractivity contribution in [1.29, 1.82) is 0 Å². The molecule has 0 bridgehead atoms. The highest BCUT2D eigenvalue weighted by Crippen LogP contribution is 2.15. The van der Waals surface area contributed by atoms with Crippen LogP contribution in [0.2, 0.25) is 0 Å². The van der Waals surface area contributed by atoms with Crippen LogP contribution in [0.1, 0.15) is 13.3 Å². The molecule has 2 atom stereocenters. The maximum Gasteiger partial charge on any atom is 0.244 e. The summed E-state index contributed by atoms with van der Waals surface area (Å²) in [4.78, 5) is 26.6. The molecule has 5 heteroatoms. The zero-order chi connectivity index (χ0) is 11.6. The minimum atomic E-state index is -0.356. The molecule has 1 saturated heterocycles. The van der Waals surface area contributed by atoms with Crippen LogP contribution >= 0.6 is 0 Å². The highest BCUT2D eigenvalue weighted by atomic mass is 16.2. The van der Waals surface area contributed by atoms with Crippen molar-refractivity contribution in [2.45, 2.75) is 25.4 Å². The van der Waals surface area contributed by atoms with Gasteiger partial charge in [0.05, 0.1) is 6.04 Å². The van der Waals surface area contributed by atoms with E-state index in [9.17, 15) is 9.59 Å². The van der Waals surface area contributed by atoms with Gasteiger partial charge in [-0.05, 0) is 20.4 Å². The third-order valence-electron chi connectivity index (χ3n) is 2.85. The van der Waals surface area contributed by atoms with Gasteiger partial charge in [-0.1, -0.05) is 0 Å². The molecule has 1 rings (SSSR count). The average molecular weight is 213 g/mol. The Hall–Kier alpha value is -1.10. The monoisotopic (exact) mass is 213 g/mol. The molecule has 86 valence electrons. The van der Waals surface area contributed by atoms with Crippen LogP contribution in [0.5, 0.6) is 0 Å². The van der Waals surface area contributed by atoms with E-state index in [4.69, 9.17) is 0 Å². The van der Waals surface area contributed by atoms with Crippen LogP contribution < -0.4 is 5.32 Å². The number of amides is 2. The Morgan fingerprint density at radius 1 is 1.60 bits per heavy atom. The summed E-state index contributed by atoms with van der Waals surface area (Å²) in [6.07, 6.45) is 0.778. The first-order valence-electron chi connectivity index (χ1n) is 5.18. The van der Waals surface area contributed by atoms with Crippen molar-refractivity contribution in [1.82, 2.24) is 15.1 Å². The van der Waals surface area contributed by atoms with Gasteiger partial charge in [-0.25, -0.2) is 0 Å². The molecule has 1 aliphatic rings. The van der Waals surface area contributed by atoms with Crippen molar-refractivity contribution in [3.8, 4) is 0 Å². The molecule has 0 saturated carbocycles. The molecule has 0 aromatic heterocycles. The van der Waals surface area contributed by atoms with Crippen molar-refractivity contribution in [2.75, 3.05) is 27.7 Å². The summed E-state index contributed by atoms with van der Waals surface area (Å²) in [5.41, 5.74) is 0. The van der Waals surface area contributed by atoms with E-state index in [0.717, 1.165) is 6.42 Å². The number of hydrogen-bond acceptors (Lipinski definition) is 3. The van der Waals surface area contributed by atoms with Crippen LogP contribution in [0.3, 0.4) is 0 Å². The molecule has 0 aromatic carbocycles. The number of likely N-dealkylation sites (N-methyl/N-ethyl adjacent to an activating group) is 2. The lowest BCUT2D eigenvalue weighted by Crippen LogP contribution is -2.47. The summed E-state index contributed by atoms with van der Waals surface area (Å²) in [7, 11) is 5.17. The van der Waals surface area contributed by atoms with Crippen molar-refractivity contribution in [3.63, 3.8) is 0 Å². The van der Waals surface area contributed by atoms with E-state index in [-0.39, 0.29) is 23.9 Å². The second-order valence-electron chi connectivity index (χ2n) is 4.07. The van der Waals surface area contributed by atoms with Crippen LogP contribution in [0.25, 0.3) is 0 Å². The van der Waals surface area contributed by atoms with Crippen LogP contribution in [0, 0.1) is 0 Å². The lowest BCUT2D eigenvalue weighted by molar-refractivity contribution is -0.141. The van der Waals surface area contributed by atoms with Gasteiger partial charge >= 0.3 is 0 Å². The van der Waals surface area contributed by atoms with Crippen LogP contribution in [-0.4, -0.2) is 61.4 Å². The maximum absolute atomic E-state index is 11.8. The summed E-state index contributed by atoms with van der Waals surface area (Å²) in [5, 5.41) is 2.95. The van der Waals surface area contributed by atoms with Gasteiger partial charge in [-0.15, -0.1) is 0 Å². The fourth-order valence-corrected chi connectivity index (χ4v) is 1.86. The molecule has 1 N–H and O–H groups in total. The lowest BCUT2D eigenvalue weighted by Gasteiger charge is -2.26. The second-order valence-corrected chi connectivity index (χ2v) is 4.07. The maximum atomic E-state index is 11.8. The Morgan fingerprint density at radius 2 is 2.20 bits per heavy atom. The van der Waals surface area contributed by atoms with Crippen molar-refractivity contribution in [2.24, 2.45) is 0 Å². The fraction of sp³-hybridized carbons (Fsp3) is 0.800. The van der Waals surface area contributed by atoms with Gasteiger partial charge in [-0.2, -0.15) is 0 Å². The van der Waals surface area contributed by atoms with Gasteiger partial charge in [0, 0.05) is 20.6 Å². The van der Waals surface area contributed by atoms with E-state index in [1.807, 2.05) is 0 Å². The number of likely N-dealkylation sites (tertiary alicyclic amines) is 1. The number of carbonyl (C=O) groups is 2. The minimum Gasteiger partial charge on any atom is -0.347 e. The molecule has 1 fully saturated rings. The highest BCUT2D eigenvalue weighted by Gasteiger charge is 2.36. The van der Waals surface area contributed by atoms with Gasteiger partial charge in [0.2, 0.25) is 11.8 Å². The quantitative estimate of drug-likeness (QED) is 0.673. The number of rotatable bonds is 3. The van der Waals surface area contributed by atoms with Crippen LogP contribution in [-0.2, 0) is 9.59 Å². The first-order valence-corrected chi connectivity index (χ1v) is 5.18. The summed E-state index contributed by atoms with van der Waals surface area (Å²) in [6.45, 7) is 2.43. The summed E-state index contributed by atoms with van der Waals surface area (Å²) >= 11 is 0. The average Bonchev–Trinajstić information content (AvgIpc) is 2.57. The highest BCUT2D eigenvalue weighted by molar-refractivity contribution is 5.90. The van der Waals surface area contributed by atoms with Crippen molar-refractivity contribution >= 4 is 11.8 Å². The smallest absolute Gasteiger partial charge is 0.244 e. The van der Waals surface area contributed by atoms with Gasteiger partial charge in [0.25, 0.3) is 0 Å². The Balaban J connectivity index is 2.66. The number of nitrogens with zero attached hydrogens (tertiary/aromatic N) is 2. The van der Waals surface area contributed by atoms with E-state index >= 15 is 0 Å². The largest absolute Gasteiger partial charge is 0.347 e. The molecule has 5 nitrogen and oxygen atoms in total. The molecule has 0 spiro atoms. The molecule has 1 aliphatic heterocycles. The normalized spacial score (nSPS) is 23.1. The van der Waals surface area contributed by atoms with Crippen molar-refractivity contribution in [3.05, 3.63) is 0 Å². The van der Waals surface area contributed by atoms with E-state index in [1.54, 1.807) is 33.0 Å². The van der Waals surface area contributed by atoms with E-state index in [2.05, 4.69) is 5.32 Å². The molecule has 1 heterocycles. The molecule has 2 amide bonds. The summed E-state index contributed by atoms with van der Waals surface area (Å²) in [5.74, 6) is 0.000281. The third kappa shape index (κ3) is 2.28. The summed E-state index contributed by atoms with van der Waals surface area (Å²) in [6, 6.07) is -0.478. The van der Waals surface area contributed by atoms with Gasteiger partial charge in [-0.3, -0.25) is 9.59 Å².